The summed E-state index contributed by atoms with van der Waals surface area (Å²) in [6.45, 7) is 1.56. The van der Waals surface area contributed by atoms with Gasteiger partial charge >= 0.3 is 0 Å². The molecule has 0 fully saturated rings. The van der Waals surface area contributed by atoms with E-state index < -0.39 is 10.0 Å². The average molecular weight is 291 g/mol. The number of aryl methyl sites for hydroxylation is 1. The Morgan fingerprint density at radius 3 is 2.89 bits per heavy atom. The number of aromatic nitrogens is 2. The van der Waals surface area contributed by atoms with Gasteiger partial charge in [-0.15, -0.1) is 0 Å². The highest BCUT2D eigenvalue weighted by Crippen LogP contribution is 2.07. The van der Waals surface area contributed by atoms with Gasteiger partial charge in [0.2, 0.25) is 10.0 Å². The van der Waals surface area contributed by atoms with Crippen molar-refractivity contribution in [1.29, 1.82) is 0 Å². The van der Waals surface area contributed by atoms with Crippen LogP contribution in [0.3, 0.4) is 0 Å². The summed E-state index contributed by atoms with van der Waals surface area (Å²) in [7, 11) is -1.87. The Balaban J connectivity index is 2.45. The van der Waals surface area contributed by atoms with Crippen LogP contribution < -0.4 is 4.72 Å². The first-order valence-electron chi connectivity index (χ1n) is 6.22. The zero-order chi connectivity index (χ0) is 14.1. The highest BCUT2D eigenvalue weighted by atomic mass is 32.2. The van der Waals surface area contributed by atoms with Crippen LogP contribution in [0.25, 0.3) is 0 Å². The van der Waals surface area contributed by atoms with Gasteiger partial charge in [0, 0.05) is 39.6 Å². The van der Waals surface area contributed by atoms with Gasteiger partial charge in [0.15, 0.2) is 0 Å². The van der Waals surface area contributed by atoms with E-state index in [-0.39, 0.29) is 11.5 Å². The molecule has 0 saturated heterocycles. The van der Waals surface area contributed by atoms with Crippen molar-refractivity contribution in [1.82, 2.24) is 14.5 Å². The Labute approximate surface area is 113 Å². The van der Waals surface area contributed by atoms with Gasteiger partial charge in [-0.05, 0) is 19.3 Å². The second-order valence-electron chi connectivity index (χ2n) is 4.11. The summed E-state index contributed by atoms with van der Waals surface area (Å²) in [5.41, 5.74) is 0. The largest absolute Gasteiger partial charge is 0.396 e. The molecule has 1 aromatic rings. The van der Waals surface area contributed by atoms with E-state index in [1.165, 1.54) is 17.1 Å². The summed E-state index contributed by atoms with van der Waals surface area (Å²) in [4.78, 5) is 0.150. The smallest absolute Gasteiger partial charge is 0.243 e. The van der Waals surface area contributed by atoms with Crippen molar-refractivity contribution >= 4 is 10.0 Å². The third-order valence-corrected chi connectivity index (χ3v) is 3.95. The summed E-state index contributed by atoms with van der Waals surface area (Å²) < 4.78 is 32.7. The normalized spacial score (nSPS) is 11.9. The standard InChI is InChI=1S/C11H21N3O4S/c1-18-8-3-2-5-13-19(16,17)11-9-12-14(10-11)6-4-7-15/h9-10,13,15H,2-8H2,1H3. The van der Waals surface area contributed by atoms with Gasteiger partial charge in [0.1, 0.15) is 4.90 Å². The highest BCUT2D eigenvalue weighted by molar-refractivity contribution is 7.89. The number of aliphatic hydroxyl groups is 1. The molecule has 0 atom stereocenters. The number of methoxy groups -OCH3 is 1. The van der Waals surface area contributed by atoms with E-state index in [4.69, 9.17) is 9.84 Å². The fourth-order valence-corrected chi connectivity index (χ4v) is 2.53. The van der Waals surface area contributed by atoms with E-state index in [9.17, 15) is 8.42 Å². The average Bonchev–Trinajstić information content (AvgIpc) is 2.85. The van der Waals surface area contributed by atoms with Gasteiger partial charge in [-0.3, -0.25) is 4.68 Å². The van der Waals surface area contributed by atoms with Crippen LogP contribution in [-0.4, -0.2) is 50.2 Å². The van der Waals surface area contributed by atoms with Crippen molar-refractivity contribution < 1.29 is 18.3 Å². The second-order valence-corrected chi connectivity index (χ2v) is 5.88. The SMILES string of the molecule is COCCCCNS(=O)(=O)c1cnn(CCCO)c1. The molecule has 0 radical (unpaired) electrons. The molecule has 1 aromatic heterocycles. The van der Waals surface area contributed by atoms with E-state index in [0.717, 1.165) is 12.8 Å². The lowest BCUT2D eigenvalue weighted by Crippen LogP contribution is -2.24. The highest BCUT2D eigenvalue weighted by Gasteiger charge is 2.15. The van der Waals surface area contributed by atoms with Crippen LogP contribution in [0.2, 0.25) is 0 Å². The first kappa shape index (κ1) is 16.1. The van der Waals surface area contributed by atoms with Crippen molar-refractivity contribution in [2.24, 2.45) is 0 Å². The predicted molar refractivity (Wildman–Crippen MR) is 70.2 cm³/mol. The van der Waals surface area contributed by atoms with E-state index in [0.29, 0.717) is 26.1 Å². The molecule has 0 aliphatic heterocycles. The van der Waals surface area contributed by atoms with Crippen molar-refractivity contribution in [3.05, 3.63) is 12.4 Å². The summed E-state index contributed by atoms with van der Waals surface area (Å²) in [5, 5.41) is 12.6. The molecule has 1 rings (SSSR count). The molecule has 1 heterocycles. The molecule has 0 aromatic carbocycles. The molecule has 7 nitrogen and oxygen atoms in total. The van der Waals surface area contributed by atoms with Crippen molar-refractivity contribution in [2.75, 3.05) is 26.9 Å². The molecule has 0 spiro atoms. The lowest BCUT2D eigenvalue weighted by Gasteiger charge is -2.04. The number of nitrogens with one attached hydrogen (secondary N) is 1. The molecule has 0 bridgehead atoms. The number of sulfonamides is 1. The minimum atomic E-state index is -3.49. The van der Waals surface area contributed by atoms with Gasteiger partial charge < -0.3 is 9.84 Å². The molecule has 0 saturated carbocycles. The molecule has 0 amide bonds. The van der Waals surface area contributed by atoms with Gasteiger partial charge in [-0.25, -0.2) is 13.1 Å². The maximum Gasteiger partial charge on any atom is 0.243 e. The Morgan fingerprint density at radius 2 is 2.21 bits per heavy atom. The van der Waals surface area contributed by atoms with Crippen LogP contribution in [-0.2, 0) is 21.3 Å². The molecule has 8 heteroatoms. The van der Waals surface area contributed by atoms with E-state index in [1.54, 1.807) is 7.11 Å². The minimum Gasteiger partial charge on any atom is -0.396 e. The van der Waals surface area contributed by atoms with Crippen LogP contribution in [0.4, 0.5) is 0 Å². The lowest BCUT2D eigenvalue weighted by atomic mass is 10.3. The maximum absolute atomic E-state index is 11.9. The molecule has 0 unspecified atom stereocenters. The third-order valence-electron chi connectivity index (χ3n) is 2.53. The van der Waals surface area contributed by atoms with E-state index >= 15 is 0 Å². The number of ether oxygens (including phenoxy) is 1. The number of rotatable bonds is 10. The Bertz CT molecular complexity index is 458. The Kier molecular flexibility index (Phi) is 7.00. The van der Waals surface area contributed by atoms with Crippen LogP contribution in [0, 0.1) is 0 Å². The first-order chi connectivity index (χ1) is 9.10. The maximum atomic E-state index is 11.9. The zero-order valence-electron chi connectivity index (χ0n) is 11.1. The van der Waals surface area contributed by atoms with Gasteiger partial charge in [-0.1, -0.05) is 0 Å². The number of aliphatic hydroxyl groups excluding tert-OH is 1. The van der Waals surface area contributed by atoms with Gasteiger partial charge in [0.25, 0.3) is 0 Å². The molecular weight excluding hydrogens is 270 g/mol. The molecule has 0 aliphatic carbocycles. The minimum absolute atomic E-state index is 0.0553. The lowest BCUT2D eigenvalue weighted by molar-refractivity contribution is 0.193. The number of unbranched alkanes of at least 4 members (excludes halogenated alkanes) is 1. The number of hydrogen-bond acceptors (Lipinski definition) is 5. The molecule has 0 aliphatic rings. The number of nitrogens with zero attached hydrogens (tertiary/aromatic N) is 2. The predicted octanol–water partition coefficient (Wildman–Crippen LogP) is -0.0296. The third kappa shape index (κ3) is 5.68. The van der Waals surface area contributed by atoms with Crippen LogP contribution >= 0.6 is 0 Å². The molecule has 110 valence electrons. The summed E-state index contributed by atoms with van der Waals surface area (Å²) in [5.74, 6) is 0. The van der Waals surface area contributed by atoms with Crippen molar-refractivity contribution in [3.8, 4) is 0 Å². The summed E-state index contributed by atoms with van der Waals surface area (Å²) in [6, 6.07) is 0. The van der Waals surface area contributed by atoms with Crippen molar-refractivity contribution in [3.63, 3.8) is 0 Å². The Morgan fingerprint density at radius 1 is 1.42 bits per heavy atom. The molecular formula is C11H21N3O4S. The summed E-state index contributed by atoms with van der Waals surface area (Å²) >= 11 is 0. The summed E-state index contributed by atoms with van der Waals surface area (Å²) in [6.07, 6.45) is 4.87. The number of hydrogen-bond donors (Lipinski definition) is 2. The zero-order valence-corrected chi connectivity index (χ0v) is 11.9. The van der Waals surface area contributed by atoms with Gasteiger partial charge in [0.05, 0.1) is 6.20 Å². The van der Waals surface area contributed by atoms with E-state index in [1.807, 2.05) is 0 Å². The van der Waals surface area contributed by atoms with Crippen LogP contribution in [0.15, 0.2) is 17.3 Å². The second kappa shape index (κ2) is 8.26. The molecule has 19 heavy (non-hydrogen) atoms. The van der Waals surface area contributed by atoms with Crippen molar-refractivity contribution in [2.45, 2.75) is 30.7 Å². The Hall–Kier alpha value is -0.960. The van der Waals surface area contributed by atoms with Crippen LogP contribution in [0.1, 0.15) is 19.3 Å². The first-order valence-corrected chi connectivity index (χ1v) is 7.70. The monoisotopic (exact) mass is 291 g/mol. The fraction of sp³-hybridized carbons (Fsp3) is 0.727. The molecule has 2 N–H and O–H groups in total. The van der Waals surface area contributed by atoms with Crippen LogP contribution in [0.5, 0.6) is 0 Å². The topological polar surface area (TPSA) is 93.5 Å². The quantitative estimate of drug-likeness (QED) is 0.590. The van der Waals surface area contributed by atoms with Gasteiger partial charge in [-0.2, -0.15) is 5.10 Å². The fourth-order valence-electron chi connectivity index (χ4n) is 1.50. The van der Waals surface area contributed by atoms with E-state index in [2.05, 4.69) is 9.82 Å².